The van der Waals surface area contributed by atoms with Crippen molar-refractivity contribution in [2.75, 3.05) is 37.6 Å². The SMILES string of the molecule is O=C1CCC2CCC(CCN3CCN(c4cccc5sc(F)cc45)CC3)CC2N1. The van der Waals surface area contributed by atoms with Gasteiger partial charge in [-0.3, -0.25) is 9.69 Å². The van der Waals surface area contributed by atoms with Gasteiger partial charge in [0.05, 0.1) is 0 Å². The Hall–Kier alpha value is -1.66. The molecule has 0 radical (unpaired) electrons. The number of halogens is 1. The molecule has 1 amide bonds. The second kappa shape index (κ2) is 8.23. The lowest BCUT2D eigenvalue weighted by molar-refractivity contribution is -0.125. The van der Waals surface area contributed by atoms with E-state index in [1.807, 2.05) is 12.1 Å². The molecule has 1 aliphatic carbocycles. The molecule has 29 heavy (non-hydrogen) atoms. The number of nitrogens with zero attached hydrogens (tertiary/aromatic N) is 2. The second-order valence-electron chi connectivity index (χ2n) is 9.01. The van der Waals surface area contributed by atoms with Crippen molar-refractivity contribution in [2.24, 2.45) is 11.8 Å². The van der Waals surface area contributed by atoms with Gasteiger partial charge in [-0.15, -0.1) is 11.3 Å². The van der Waals surface area contributed by atoms with Crippen LogP contribution in [0.3, 0.4) is 0 Å². The Bertz CT molecular complexity index is 876. The van der Waals surface area contributed by atoms with E-state index in [2.05, 4.69) is 21.2 Å². The molecule has 0 spiro atoms. The number of thiophene rings is 1. The monoisotopic (exact) mass is 415 g/mol. The number of piperazine rings is 1. The van der Waals surface area contributed by atoms with Crippen molar-refractivity contribution in [3.05, 3.63) is 29.4 Å². The average molecular weight is 416 g/mol. The first kappa shape index (κ1) is 19.3. The highest BCUT2D eigenvalue weighted by molar-refractivity contribution is 7.17. The lowest BCUT2D eigenvalue weighted by Crippen LogP contribution is -2.49. The zero-order valence-corrected chi connectivity index (χ0v) is 17.7. The number of nitrogens with one attached hydrogen (secondary N) is 1. The summed E-state index contributed by atoms with van der Waals surface area (Å²) >= 11 is 1.23. The largest absolute Gasteiger partial charge is 0.368 e. The van der Waals surface area contributed by atoms with Crippen LogP contribution in [0.15, 0.2) is 24.3 Å². The molecule has 0 bridgehead atoms. The van der Waals surface area contributed by atoms with Gasteiger partial charge in [0.1, 0.15) is 0 Å². The molecule has 3 aliphatic rings. The van der Waals surface area contributed by atoms with E-state index in [9.17, 15) is 9.18 Å². The fraction of sp³-hybridized carbons (Fsp3) is 0.609. The number of benzene rings is 1. The highest BCUT2D eigenvalue weighted by Crippen LogP contribution is 2.36. The molecule has 3 heterocycles. The van der Waals surface area contributed by atoms with Gasteiger partial charge in [0.15, 0.2) is 5.13 Å². The number of carbonyl (C=O) groups excluding carboxylic acids is 1. The van der Waals surface area contributed by atoms with Gasteiger partial charge in [0, 0.05) is 54.4 Å². The molecule has 156 valence electrons. The number of amides is 1. The summed E-state index contributed by atoms with van der Waals surface area (Å²) in [5.41, 5.74) is 1.17. The topological polar surface area (TPSA) is 35.6 Å². The van der Waals surface area contributed by atoms with E-state index in [1.54, 1.807) is 6.07 Å². The first-order valence-electron chi connectivity index (χ1n) is 11.1. The van der Waals surface area contributed by atoms with Gasteiger partial charge in [-0.25, -0.2) is 0 Å². The molecule has 5 rings (SSSR count). The Kier molecular flexibility index (Phi) is 5.48. The van der Waals surface area contributed by atoms with Gasteiger partial charge in [0.25, 0.3) is 0 Å². The average Bonchev–Trinajstić information content (AvgIpc) is 3.12. The third-order valence-electron chi connectivity index (χ3n) is 7.27. The maximum atomic E-state index is 13.7. The lowest BCUT2D eigenvalue weighted by Gasteiger charge is -2.41. The molecule has 1 saturated carbocycles. The number of hydrogen-bond donors (Lipinski definition) is 1. The van der Waals surface area contributed by atoms with Crippen LogP contribution < -0.4 is 10.2 Å². The van der Waals surface area contributed by atoms with Gasteiger partial charge in [-0.1, -0.05) is 6.07 Å². The maximum Gasteiger partial charge on any atom is 0.220 e. The first-order valence-corrected chi connectivity index (χ1v) is 11.9. The fourth-order valence-electron chi connectivity index (χ4n) is 5.57. The highest BCUT2D eigenvalue weighted by Gasteiger charge is 2.34. The van der Waals surface area contributed by atoms with Gasteiger partial charge in [-0.05, 0) is 68.7 Å². The molecule has 4 nitrogen and oxygen atoms in total. The third-order valence-corrected chi connectivity index (χ3v) is 8.15. The van der Waals surface area contributed by atoms with E-state index in [4.69, 9.17) is 0 Å². The summed E-state index contributed by atoms with van der Waals surface area (Å²) < 4.78 is 14.7. The molecule has 1 N–H and O–H groups in total. The lowest BCUT2D eigenvalue weighted by atomic mass is 9.73. The molecule has 2 saturated heterocycles. The standard InChI is InChI=1S/C23H30FN3OS/c24-22-15-18-20(2-1-3-21(18)29-22)27-12-10-26(11-13-27)9-8-16-4-5-17-6-7-23(28)25-19(17)14-16/h1-3,15-17,19H,4-14H2,(H,25,28). The van der Waals surface area contributed by atoms with Crippen LogP contribution in [0.25, 0.3) is 10.1 Å². The minimum atomic E-state index is -0.102. The Labute approximate surface area is 176 Å². The number of piperidine rings is 1. The van der Waals surface area contributed by atoms with Gasteiger partial charge >= 0.3 is 0 Å². The van der Waals surface area contributed by atoms with Crippen LogP contribution in [0.5, 0.6) is 0 Å². The number of hydrogen-bond acceptors (Lipinski definition) is 4. The number of carbonyl (C=O) groups is 1. The molecule has 2 aromatic rings. The predicted molar refractivity (Wildman–Crippen MR) is 117 cm³/mol. The number of fused-ring (bicyclic) bond motifs is 2. The van der Waals surface area contributed by atoms with Crippen LogP contribution in [-0.4, -0.2) is 49.6 Å². The Morgan fingerprint density at radius 3 is 2.86 bits per heavy atom. The maximum absolute atomic E-state index is 13.7. The van der Waals surface area contributed by atoms with Gasteiger partial charge < -0.3 is 10.2 Å². The number of rotatable bonds is 4. The zero-order valence-electron chi connectivity index (χ0n) is 16.9. The van der Waals surface area contributed by atoms with Crippen molar-refractivity contribution in [1.29, 1.82) is 0 Å². The van der Waals surface area contributed by atoms with Crippen LogP contribution in [0.1, 0.15) is 38.5 Å². The summed E-state index contributed by atoms with van der Waals surface area (Å²) in [6.07, 6.45) is 6.83. The minimum absolute atomic E-state index is 0.102. The second-order valence-corrected chi connectivity index (χ2v) is 10.0. The third kappa shape index (κ3) is 4.15. The summed E-state index contributed by atoms with van der Waals surface area (Å²) in [5.74, 6) is 1.72. The van der Waals surface area contributed by atoms with Crippen molar-refractivity contribution >= 4 is 33.0 Å². The van der Waals surface area contributed by atoms with E-state index < -0.39 is 0 Å². The summed E-state index contributed by atoms with van der Waals surface area (Å²) in [6, 6.07) is 8.29. The normalized spacial score (nSPS) is 28.4. The van der Waals surface area contributed by atoms with E-state index in [0.717, 1.165) is 67.5 Å². The Morgan fingerprint density at radius 1 is 1.14 bits per heavy atom. The van der Waals surface area contributed by atoms with Crippen molar-refractivity contribution in [3.8, 4) is 0 Å². The summed E-state index contributed by atoms with van der Waals surface area (Å²) in [6.45, 7) is 5.29. The first-order chi connectivity index (χ1) is 14.2. The Morgan fingerprint density at radius 2 is 2.00 bits per heavy atom. The predicted octanol–water partition coefficient (Wildman–Crippen LogP) is 4.25. The fourth-order valence-corrected chi connectivity index (χ4v) is 6.38. The zero-order chi connectivity index (χ0) is 19.8. The van der Waals surface area contributed by atoms with E-state index >= 15 is 0 Å². The van der Waals surface area contributed by atoms with E-state index in [0.29, 0.717) is 6.04 Å². The molecule has 3 unspecified atom stereocenters. The van der Waals surface area contributed by atoms with Crippen LogP contribution in [0.4, 0.5) is 10.1 Å². The van der Waals surface area contributed by atoms with Crippen molar-refractivity contribution in [1.82, 2.24) is 10.2 Å². The summed E-state index contributed by atoms with van der Waals surface area (Å²) in [4.78, 5) is 16.7. The van der Waals surface area contributed by atoms with Crippen molar-refractivity contribution in [2.45, 2.75) is 44.6 Å². The van der Waals surface area contributed by atoms with Crippen LogP contribution in [-0.2, 0) is 4.79 Å². The van der Waals surface area contributed by atoms with Crippen LogP contribution >= 0.6 is 11.3 Å². The molecule has 6 heteroatoms. The van der Waals surface area contributed by atoms with Crippen LogP contribution in [0.2, 0.25) is 0 Å². The molecule has 3 fully saturated rings. The van der Waals surface area contributed by atoms with Crippen molar-refractivity contribution < 1.29 is 9.18 Å². The van der Waals surface area contributed by atoms with Crippen LogP contribution in [0, 0.1) is 17.0 Å². The van der Waals surface area contributed by atoms with Gasteiger partial charge in [-0.2, -0.15) is 4.39 Å². The molecular formula is C23H30FN3OS. The molecular weight excluding hydrogens is 385 g/mol. The van der Waals surface area contributed by atoms with E-state index in [-0.39, 0.29) is 11.0 Å². The summed E-state index contributed by atoms with van der Waals surface area (Å²) in [7, 11) is 0. The smallest absolute Gasteiger partial charge is 0.220 e. The van der Waals surface area contributed by atoms with E-state index in [1.165, 1.54) is 42.7 Å². The quantitative estimate of drug-likeness (QED) is 0.811. The minimum Gasteiger partial charge on any atom is -0.368 e. The molecule has 2 aliphatic heterocycles. The number of anilines is 1. The van der Waals surface area contributed by atoms with Gasteiger partial charge in [0.2, 0.25) is 5.91 Å². The highest BCUT2D eigenvalue weighted by atomic mass is 32.1. The summed E-state index contributed by atoms with van der Waals surface area (Å²) in [5, 5.41) is 4.19. The molecule has 1 aromatic heterocycles. The molecule has 3 atom stereocenters. The Balaban J connectivity index is 1.12. The van der Waals surface area contributed by atoms with Crippen molar-refractivity contribution in [3.63, 3.8) is 0 Å². The molecule has 1 aromatic carbocycles.